The Labute approximate surface area is 481 Å². The predicted octanol–water partition coefficient (Wildman–Crippen LogP) is 11.2. The second-order valence-corrected chi connectivity index (χ2v) is 25.0. The van der Waals surface area contributed by atoms with Crippen LogP contribution in [0.3, 0.4) is 0 Å². The molecule has 5 heterocycles. The molecule has 4 N–H and O–H groups in total. The first-order chi connectivity index (χ1) is 38.6. The number of β-amino-alcohol motifs (C(OH)–C–C–N with tert-alkyl or cyclic N) is 1. The summed E-state index contributed by atoms with van der Waals surface area (Å²) in [6, 6.07) is 28.8. The van der Waals surface area contributed by atoms with E-state index in [9.17, 15) is 29.1 Å². The number of fused-ring (bicyclic) bond motifs is 2. The number of likely N-dealkylation sites (tertiary alicyclic amines) is 1. The number of aryl methyl sites for hydroxylation is 1. The molecule has 4 amide bonds. The number of anilines is 2. The van der Waals surface area contributed by atoms with E-state index in [0.717, 1.165) is 54.2 Å². The van der Waals surface area contributed by atoms with E-state index in [1.165, 1.54) is 16.2 Å². The van der Waals surface area contributed by atoms with Crippen molar-refractivity contribution < 1.29 is 38.6 Å². The number of nitrogens with one attached hydrogen (secondary N) is 3. The summed E-state index contributed by atoms with van der Waals surface area (Å²) in [4.78, 5) is 88.0. The molecular formula is C63H72N8O8S2. The Kier molecular flexibility index (Phi) is 17.7. The number of hydrogen-bond donors (Lipinski definition) is 4. The number of aliphatic hydroxyl groups excluding tert-OH is 1. The average Bonchev–Trinajstić information content (AvgIpc) is 4.19. The number of hydrogen-bond acceptors (Lipinski definition) is 14. The zero-order chi connectivity index (χ0) is 57.8. The first-order valence-electron chi connectivity index (χ1n) is 27.7. The lowest BCUT2D eigenvalue weighted by atomic mass is 9.85. The monoisotopic (exact) mass is 1130 g/mol. The predicted molar refractivity (Wildman–Crippen MR) is 319 cm³/mol. The molecule has 18 heteroatoms. The van der Waals surface area contributed by atoms with Gasteiger partial charge in [-0.15, -0.1) is 11.3 Å². The highest BCUT2D eigenvalue weighted by Gasteiger charge is 2.45. The van der Waals surface area contributed by atoms with E-state index in [4.69, 9.17) is 14.5 Å². The number of aliphatic hydroxyl groups is 1. The summed E-state index contributed by atoms with van der Waals surface area (Å²) < 4.78 is 13.3. The summed E-state index contributed by atoms with van der Waals surface area (Å²) in [7, 11) is 0. The molecule has 16 nitrogen and oxygen atoms in total. The van der Waals surface area contributed by atoms with Crippen molar-refractivity contribution in [3.8, 4) is 27.3 Å². The molecule has 1 fully saturated rings. The minimum Gasteiger partial charge on any atom is -0.493 e. The maximum atomic E-state index is 14.3. The largest absolute Gasteiger partial charge is 0.493 e. The highest BCUT2D eigenvalue weighted by Crippen LogP contribution is 2.37. The Hall–Kier alpha value is -7.54. The molecule has 2 aliphatic rings. The van der Waals surface area contributed by atoms with Gasteiger partial charge in [-0.2, -0.15) is 0 Å². The van der Waals surface area contributed by atoms with Crippen LogP contribution in [0.1, 0.15) is 135 Å². The second kappa shape index (κ2) is 24.7. The number of thiazole rings is 2. The topological polar surface area (TPSA) is 205 Å². The smallest absolute Gasteiger partial charge is 0.358 e. The number of nitrogens with zero attached hydrogens (tertiary/aromatic N) is 5. The molecule has 2 aliphatic heterocycles. The Morgan fingerprint density at radius 3 is 2.33 bits per heavy atom. The van der Waals surface area contributed by atoms with Gasteiger partial charge in [-0.25, -0.2) is 19.7 Å². The van der Waals surface area contributed by atoms with Gasteiger partial charge in [-0.05, 0) is 142 Å². The molecule has 0 saturated carbocycles. The third kappa shape index (κ3) is 13.8. The number of carbonyl (C=O) groups excluding carboxylic acids is 5. The molecule has 81 heavy (non-hydrogen) atoms. The third-order valence-electron chi connectivity index (χ3n) is 14.8. The van der Waals surface area contributed by atoms with E-state index in [-0.39, 0.29) is 48.8 Å². The molecule has 4 atom stereocenters. The zero-order valence-electron chi connectivity index (χ0n) is 47.6. The highest BCUT2D eigenvalue weighted by molar-refractivity contribution is 7.22. The normalized spacial score (nSPS) is 16.1. The molecule has 3 aromatic heterocycles. The van der Waals surface area contributed by atoms with Crippen LogP contribution in [0.4, 0.5) is 10.9 Å². The number of rotatable bonds is 18. The van der Waals surface area contributed by atoms with Crippen molar-refractivity contribution in [2.75, 3.05) is 29.9 Å². The first-order valence-corrected chi connectivity index (χ1v) is 29.4. The number of unbranched alkanes of at least 4 members (excludes halogenated alkanes) is 2. The summed E-state index contributed by atoms with van der Waals surface area (Å²) in [5.74, 6) is -0.629. The summed E-state index contributed by atoms with van der Waals surface area (Å²) in [5, 5.41) is 20.3. The van der Waals surface area contributed by atoms with Gasteiger partial charge in [0.15, 0.2) is 10.8 Å². The summed E-state index contributed by atoms with van der Waals surface area (Å²) in [5.41, 5.74) is 8.94. The Morgan fingerprint density at radius 2 is 1.60 bits per heavy atom. The van der Waals surface area contributed by atoms with Crippen LogP contribution in [-0.2, 0) is 32.1 Å². The van der Waals surface area contributed by atoms with Crippen molar-refractivity contribution >= 4 is 73.4 Å². The van der Waals surface area contributed by atoms with E-state index in [1.807, 2.05) is 165 Å². The third-order valence-corrected chi connectivity index (χ3v) is 16.7. The number of ether oxygens (including phenoxy) is 2. The van der Waals surface area contributed by atoms with Crippen molar-refractivity contribution in [1.82, 2.24) is 30.5 Å². The van der Waals surface area contributed by atoms with E-state index in [2.05, 4.69) is 30.8 Å². The van der Waals surface area contributed by atoms with Crippen LogP contribution < -0.4 is 25.6 Å². The maximum Gasteiger partial charge on any atom is 0.358 e. The van der Waals surface area contributed by atoms with E-state index < -0.39 is 41.1 Å². The van der Waals surface area contributed by atoms with Gasteiger partial charge in [-0.1, -0.05) is 92.8 Å². The van der Waals surface area contributed by atoms with Crippen molar-refractivity contribution in [3.05, 3.63) is 142 Å². The number of benzene rings is 4. The number of pyridine rings is 1. The van der Waals surface area contributed by atoms with E-state index in [0.29, 0.717) is 73.2 Å². The average molecular weight is 1130 g/mol. The van der Waals surface area contributed by atoms with Gasteiger partial charge >= 0.3 is 5.97 Å². The van der Waals surface area contributed by atoms with Crippen LogP contribution in [0.2, 0.25) is 0 Å². The minimum absolute atomic E-state index is 0.0139. The summed E-state index contributed by atoms with van der Waals surface area (Å²) in [6.07, 6.45) is 1.95. The van der Waals surface area contributed by atoms with Crippen LogP contribution in [0, 0.1) is 19.3 Å². The summed E-state index contributed by atoms with van der Waals surface area (Å²) >= 11 is 3.00. The van der Waals surface area contributed by atoms with Crippen LogP contribution in [0.25, 0.3) is 31.8 Å². The Balaban J connectivity index is 0.798. The Morgan fingerprint density at radius 1 is 0.840 bits per heavy atom. The molecule has 0 spiro atoms. The lowest BCUT2D eigenvalue weighted by molar-refractivity contribution is -0.144. The van der Waals surface area contributed by atoms with Gasteiger partial charge in [0.25, 0.3) is 5.91 Å². The SMILES string of the molecule is Cc1ncsc1-c1ccc(C(C)NC(=O)[C@@H]2C[C@@H](O)CN2C(=O)C(NC(=O)CCCCCOc2cccc(-c3ccc(N4CCc5cccc(C(=O)Nc6nc7ccccc7s6)c5C4)nc3C(=O)OC(C)(C)C)c2C)C(C)(C)C)cc1. The van der Waals surface area contributed by atoms with Crippen molar-refractivity contribution in [2.24, 2.45) is 5.41 Å². The van der Waals surface area contributed by atoms with Crippen LogP contribution >= 0.6 is 22.7 Å². The van der Waals surface area contributed by atoms with Gasteiger partial charge in [-0.3, -0.25) is 24.5 Å². The fraction of sp³-hybridized carbons (Fsp3) is 0.397. The quantitative estimate of drug-likeness (QED) is 0.0468. The number of esters is 1. The molecule has 7 aromatic rings. The number of para-hydroxylation sites is 1. The molecule has 0 aliphatic carbocycles. The maximum absolute atomic E-state index is 14.3. The molecular weight excluding hydrogens is 1060 g/mol. The number of amides is 4. The fourth-order valence-corrected chi connectivity index (χ4v) is 12.1. The lowest BCUT2D eigenvalue weighted by Crippen LogP contribution is -2.57. The van der Waals surface area contributed by atoms with E-state index >= 15 is 0 Å². The molecule has 424 valence electrons. The van der Waals surface area contributed by atoms with E-state index in [1.54, 1.807) is 11.3 Å². The van der Waals surface area contributed by atoms with Gasteiger partial charge < -0.3 is 35.0 Å². The number of carbonyl (C=O) groups is 5. The Bertz CT molecular complexity index is 3420. The van der Waals surface area contributed by atoms with Gasteiger partial charge in [0.05, 0.1) is 45.1 Å². The van der Waals surface area contributed by atoms with Crippen molar-refractivity contribution in [1.29, 1.82) is 0 Å². The van der Waals surface area contributed by atoms with Gasteiger partial charge in [0.1, 0.15) is 29.3 Å². The zero-order valence-corrected chi connectivity index (χ0v) is 49.2. The van der Waals surface area contributed by atoms with Crippen LogP contribution in [0.15, 0.2) is 103 Å². The lowest BCUT2D eigenvalue weighted by Gasteiger charge is -2.35. The first kappa shape index (κ1) is 58.1. The van der Waals surface area contributed by atoms with Crippen LogP contribution in [0.5, 0.6) is 5.75 Å². The second-order valence-electron chi connectivity index (χ2n) is 23.1. The molecule has 1 saturated heterocycles. The van der Waals surface area contributed by atoms with Crippen molar-refractivity contribution in [3.63, 3.8) is 0 Å². The van der Waals surface area contributed by atoms with Crippen LogP contribution in [-0.4, -0.2) is 98.0 Å². The molecule has 0 bridgehead atoms. The highest BCUT2D eigenvalue weighted by atomic mass is 32.1. The standard InChI is InChI=1S/C63H72N8O8S2/c1-37-44(45-28-29-52(67-54(45)60(77)79-63(7,8)9)70-31-30-41-17-15-19-46(47(41)35-70)57(74)69-61-66-48-20-12-13-22-51(48)81-61)18-16-21-50(37)78-32-14-10-11-23-53(73)68-56(62(4,5)6)59(76)71-34-43(72)33-49(71)58(75)65-38(2)40-24-26-42(27-25-40)55-39(3)64-36-80-55/h12-13,15-22,24-29,36,38,43,49,56,72H,10-11,14,23,30-35H2,1-9H3,(H,65,75)(H,68,73)(H,66,69,74)/t38?,43-,49+,56?/m1/s1. The van der Waals surface area contributed by atoms with Crippen molar-refractivity contribution in [2.45, 2.75) is 137 Å². The minimum atomic E-state index is -0.932. The molecule has 2 unspecified atom stereocenters. The van der Waals surface area contributed by atoms with Gasteiger partial charge in [0.2, 0.25) is 17.7 Å². The molecule has 4 aromatic carbocycles. The molecule has 0 radical (unpaired) electrons. The number of aromatic nitrogens is 3. The molecule has 9 rings (SSSR count). The fourth-order valence-electron chi connectivity index (χ4n) is 10.5. The van der Waals surface area contributed by atoms with Gasteiger partial charge in [0, 0.05) is 43.6 Å². The summed E-state index contributed by atoms with van der Waals surface area (Å²) in [6.45, 7) is 18.3.